The lowest BCUT2D eigenvalue weighted by atomic mass is 10.0. The number of hydrogen-bond donors (Lipinski definition) is 1. The summed E-state index contributed by atoms with van der Waals surface area (Å²) in [6.07, 6.45) is 2.85. The number of ether oxygens (including phenoxy) is 1. The molecule has 1 aromatic heterocycles. The van der Waals surface area contributed by atoms with Crippen molar-refractivity contribution in [3.8, 4) is 5.75 Å². The number of methoxy groups -OCH3 is 1. The molecule has 0 fully saturated rings. The lowest BCUT2D eigenvalue weighted by Crippen LogP contribution is -2.10. The summed E-state index contributed by atoms with van der Waals surface area (Å²) in [6, 6.07) is 10.5. The van der Waals surface area contributed by atoms with Crippen LogP contribution >= 0.6 is 15.9 Å². The van der Waals surface area contributed by atoms with Gasteiger partial charge in [-0.25, -0.2) is 4.98 Å². The van der Waals surface area contributed by atoms with Gasteiger partial charge < -0.3 is 10.1 Å². The van der Waals surface area contributed by atoms with Gasteiger partial charge in [-0.1, -0.05) is 19.1 Å². The summed E-state index contributed by atoms with van der Waals surface area (Å²) in [4.78, 5) is 4.32. The van der Waals surface area contributed by atoms with E-state index in [0.717, 1.165) is 28.0 Å². The number of pyridine rings is 1. The number of rotatable bonds is 5. The lowest BCUT2D eigenvalue weighted by Gasteiger charge is -2.19. The van der Waals surface area contributed by atoms with E-state index >= 15 is 0 Å². The fourth-order valence-corrected chi connectivity index (χ4v) is 2.31. The molecule has 1 N–H and O–H groups in total. The number of anilines is 1. The maximum absolute atomic E-state index is 5.19. The molecule has 2 rings (SSSR count). The van der Waals surface area contributed by atoms with E-state index in [0.29, 0.717) is 0 Å². The average molecular weight is 335 g/mol. The summed E-state index contributed by atoms with van der Waals surface area (Å²) < 4.78 is 6.08. The van der Waals surface area contributed by atoms with Gasteiger partial charge in [0.1, 0.15) is 10.4 Å². The summed E-state index contributed by atoms with van der Waals surface area (Å²) in [6.45, 7) is 4.21. The number of halogens is 1. The topological polar surface area (TPSA) is 34.2 Å². The van der Waals surface area contributed by atoms with Crippen LogP contribution in [0.15, 0.2) is 41.1 Å². The largest absolute Gasteiger partial charge is 0.497 e. The fraction of sp³-hybridized carbons (Fsp3) is 0.312. The predicted octanol–water partition coefficient (Wildman–Crippen LogP) is 4.72. The van der Waals surface area contributed by atoms with Crippen LogP contribution in [-0.4, -0.2) is 12.1 Å². The third kappa shape index (κ3) is 3.51. The van der Waals surface area contributed by atoms with Crippen LogP contribution in [-0.2, 0) is 0 Å². The molecule has 0 radical (unpaired) electrons. The summed E-state index contributed by atoms with van der Waals surface area (Å²) in [5, 5.41) is 3.53. The van der Waals surface area contributed by atoms with E-state index in [1.54, 1.807) is 7.11 Å². The molecule has 106 valence electrons. The van der Waals surface area contributed by atoms with Crippen molar-refractivity contribution in [2.75, 3.05) is 12.4 Å². The first-order valence-corrected chi connectivity index (χ1v) is 7.46. The minimum absolute atomic E-state index is 0.267. The van der Waals surface area contributed by atoms with Gasteiger partial charge in [-0.3, -0.25) is 0 Å². The first-order valence-electron chi connectivity index (χ1n) is 6.66. The van der Waals surface area contributed by atoms with Crippen molar-refractivity contribution in [2.24, 2.45) is 0 Å². The van der Waals surface area contributed by atoms with Crippen LogP contribution in [0.2, 0.25) is 0 Å². The van der Waals surface area contributed by atoms with Crippen molar-refractivity contribution in [1.82, 2.24) is 4.98 Å². The molecule has 1 heterocycles. The molecule has 0 bridgehead atoms. The molecule has 1 unspecified atom stereocenters. The molecule has 3 nitrogen and oxygen atoms in total. The van der Waals surface area contributed by atoms with E-state index in [1.807, 2.05) is 25.3 Å². The molecule has 1 aromatic carbocycles. The second-order valence-electron chi connectivity index (χ2n) is 4.71. The normalized spacial score (nSPS) is 12.0. The second-order valence-corrected chi connectivity index (χ2v) is 5.46. The monoisotopic (exact) mass is 334 g/mol. The smallest absolute Gasteiger partial charge is 0.118 e. The SMILES string of the molecule is CCC(Nc1cnc(Br)c(C)c1)c1ccc(OC)cc1. The van der Waals surface area contributed by atoms with E-state index in [2.05, 4.69) is 51.4 Å². The van der Waals surface area contributed by atoms with Gasteiger partial charge in [-0.05, 0) is 58.6 Å². The van der Waals surface area contributed by atoms with Crippen molar-refractivity contribution < 1.29 is 4.74 Å². The third-order valence-electron chi connectivity index (χ3n) is 3.28. The first kappa shape index (κ1) is 14.9. The number of nitrogens with one attached hydrogen (secondary N) is 1. The molecular formula is C16H19BrN2O. The van der Waals surface area contributed by atoms with Crippen LogP contribution in [0.1, 0.15) is 30.5 Å². The standard InChI is InChI=1S/C16H19BrN2O/c1-4-15(12-5-7-14(20-3)8-6-12)19-13-9-11(2)16(17)18-10-13/h5-10,15,19H,4H2,1-3H3. The summed E-state index contributed by atoms with van der Waals surface area (Å²) in [5.74, 6) is 0.879. The van der Waals surface area contributed by atoms with Gasteiger partial charge in [0.2, 0.25) is 0 Å². The molecule has 0 aliphatic rings. The number of aryl methyl sites for hydroxylation is 1. The molecular weight excluding hydrogens is 316 g/mol. The Balaban J connectivity index is 2.16. The Morgan fingerprint density at radius 1 is 1.30 bits per heavy atom. The van der Waals surface area contributed by atoms with Crippen LogP contribution in [0.5, 0.6) is 5.75 Å². The van der Waals surface area contributed by atoms with E-state index in [1.165, 1.54) is 5.56 Å². The lowest BCUT2D eigenvalue weighted by molar-refractivity contribution is 0.414. The van der Waals surface area contributed by atoms with Crippen molar-refractivity contribution in [2.45, 2.75) is 26.3 Å². The highest BCUT2D eigenvalue weighted by Gasteiger charge is 2.10. The average Bonchev–Trinajstić information content (AvgIpc) is 2.48. The Hall–Kier alpha value is -1.55. The number of benzene rings is 1. The van der Waals surface area contributed by atoms with E-state index in [-0.39, 0.29) is 6.04 Å². The number of nitrogens with zero attached hydrogens (tertiary/aromatic N) is 1. The predicted molar refractivity (Wildman–Crippen MR) is 86.3 cm³/mol. The Morgan fingerprint density at radius 3 is 2.55 bits per heavy atom. The van der Waals surface area contributed by atoms with Crippen LogP contribution in [0.25, 0.3) is 0 Å². The number of aromatic nitrogens is 1. The van der Waals surface area contributed by atoms with Gasteiger partial charge in [-0.2, -0.15) is 0 Å². The van der Waals surface area contributed by atoms with Gasteiger partial charge in [-0.15, -0.1) is 0 Å². The van der Waals surface area contributed by atoms with Crippen LogP contribution < -0.4 is 10.1 Å². The zero-order chi connectivity index (χ0) is 14.5. The van der Waals surface area contributed by atoms with E-state index in [9.17, 15) is 0 Å². The Bertz CT molecular complexity index is 569. The molecule has 20 heavy (non-hydrogen) atoms. The molecule has 0 aliphatic heterocycles. The van der Waals surface area contributed by atoms with Gasteiger partial charge in [0.05, 0.1) is 25.0 Å². The zero-order valence-electron chi connectivity index (χ0n) is 12.0. The fourth-order valence-electron chi connectivity index (χ4n) is 2.10. The first-order chi connectivity index (χ1) is 9.63. The van der Waals surface area contributed by atoms with Crippen LogP contribution in [0.4, 0.5) is 5.69 Å². The highest BCUT2D eigenvalue weighted by Crippen LogP contribution is 2.25. The minimum atomic E-state index is 0.267. The van der Waals surface area contributed by atoms with Crippen molar-refractivity contribution in [3.63, 3.8) is 0 Å². The van der Waals surface area contributed by atoms with E-state index in [4.69, 9.17) is 4.74 Å². The van der Waals surface area contributed by atoms with E-state index < -0.39 is 0 Å². The number of hydrogen-bond acceptors (Lipinski definition) is 3. The van der Waals surface area contributed by atoms with Gasteiger partial charge in [0.25, 0.3) is 0 Å². The maximum Gasteiger partial charge on any atom is 0.118 e. The van der Waals surface area contributed by atoms with Gasteiger partial charge in [0.15, 0.2) is 0 Å². The highest BCUT2D eigenvalue weighted by molar-refractivity contribution is 9.10. The quantitative estimate of drug-likeness (QED) is 0.803. The van der Waals surface area contributed by atoms with Crippen molar-refractivity contribution in [3.05, 3.63) is 52.3 Å². The molecule has 0 saturated carbocycles. The summed E-state index contributed by atoms with van der Waals surface area (Å²) in [5.41, 5.74) is 3.40. The van der Waals surface area contributed by atoms with Gasteiger partial charge in [0, 0.05) is 0 Å². The third-order valence-corrected chi connectivity index (χ3v) is 4.11. The van der Waals surface area contributed by atoms with Gasteiger partial charge >= 0.3 is 0 Å². The molecule has 1 atom stereocenters. The summed E-state index contributed by atoms with van der Waals surface area (Å²) >= 11 is 3.42. The molecule has 2 aromatic rings. The Morgan fingerprint density at radius 2 is 2.00 bits per heavy atom. The van der Waals surface area contributed by atoms with Crippen molar-refractivity contribution in [1.29, 1.82) is 0 Å². The molecule has 4 heteroatoms. The minimum Gasteiger partial charge on any atom is -0.497 e. The molecule has 0 saturated heterocycles. The molecule has 0 aliphatic carbocycles. The Kier molecular flexibility index (Phi) is 5.01. The maximum atomic E-state index is 5.19. The molecule has 0 amide bonds. The van der Waals surface area contributed by atoms with Crippen LogP contribution in [0.3, 0.4) is 0 Å². The Labute approximate surface area is 128 Å². The van der Waals surface area contributed by atoms with Crippen molar-refractivity contribution >= 4 is 21.6 Å². The molecule has 0 spiro atoms. The zero-order valence-corrected chi connectivity index (χ0v) is 13.6. The highest BCUT2D eigenvalue weighted by atomic mass is 79.9. The second kappa shape index (κ2) is 6.75. The summed E-state index contributed by atoms with van der Waals surface area (Å²) in [7, 11) is 1.68. The van der Waals surface area contributed by atoms with Crippen LogP contribution in [0, 0.1) is 6.92 Å².